The van der Waals surface area contributed by atoms with Gasteiger partial charge in [0.15, 0.2) is 6.61 Å². The van der Waals surface area contributed by atoms with Gasteiger partial charge in [-0.3, -0.25) is 4.99 Å². The lowest BCUT2D eigenvalue weighted by atomic mass is 10.2. The Morgan fingerprint density at radius 1 is 1.25 bits per heavy atom. The lowest BCUT2D eigenvalue weighted by Gasteiger charge is -2.09. The second-order valence-corrected chi connectivity index (χ2v) is 5.66. The predicted octanol–water partition coefficient (Wildman–Crippen LogP) is 4.56. The number of ether oxygens (including phenoxy) is 2. The van der Waals surface area contributed by atoms with Crippen LogP contribution in [0.2, 0.25) is 5.02 Å². The van der Waals surface area contributed by atoms with Crippen molar-refractivity contribution in [3.8, 4) is 5.75 Å². The Bertz CT molecular complexity index is 730. The molecule has 0 aromatic heterocycles. The van der Waals surface area contributed by atoms with Gasteiger partial charge >= 0.3 is 5.97 Å². The second kappa shape index (κ2) is 8.45. The molecule has 0 N–H and O–H groups in total. The number of carbonyl (C=O) groups excluding carboxylic acids is 1. The molecule has 0 saturated heterocycles. The molecule has 0 aliphatic rings. The first-order chi connectivity index (χ1) is 11.4. The second-order valence-electron chi connectivity index (χ2n) is 5.25. The molecule has 0 aliphatic heterocycles. The fourth-order valence-electron chi connectivity index (χ4n) is 1.80. The number of hydrogen-bond donors (Lipinski definition) is 0. The van der Waals surface area contributed by atoms with Gasteiger partial charge in [0.1, 0.15) is 11.6 Å². The van der Waals surface area contributed by atoms with E-state index in [0.717, 1.165) is 5.56 Å². The Balaban J connectivity index is 1.93. The van der Waals surface area contributed by atoms with E-state index in [1.807, 2.05) is 0 Å². The molecule has 0 amide bonds. The summed E-state index contributed by atoms with van der Waals surface area (Å²) in [6, 6.07) is 11.3. The van der Waals surface area contributed by atoms with Crippen LogP contribution in [0.15, 0.2) is 47.5 Å². The monoisotopic (exact) mass is 349 g/mol. The van der Waals surface area contributed by atoms with Crippen molar-refractivity contribution in [1.29, 1.82) is 0 Å². The summed E-state index contributed by atoms with van der Waals surface area (Å²) in [7, 11) is 0. The molecule has 2 aromatic rings. The van der Waals surface area contributed by atoms with Gasteiger partial charge in [0.25, 0.3) is 0 Å². The van der Waals surface area contributed by atoms with E-state index in [2.05, 4.69) is 4.99 Å². The molecule has 0 bridgehead atoms. The number of halogens is 2. The van der Waals surface area contributed by atoms with E-state index >= 15 is 0 Å². The van der Waals surface area contributed by atoms with Gasteiger partial charge in [0.05, 0.1) is 16.8 Å². The quantitative estimate of drug-likeness (QED) is 0.567. The smallest absolute Gasteiger partial charge is 0.344 e. The van der Waals surface area contributed by atoms with Crippen molar-refractivity contribution in [2.24, 2.45) is 4.99 Å². The average molecular weight is 350 g/mol. The van der Waals surface area contributed by atoms with Crippen LogP contribution in [-0.2, 0) is 9.53 Å². The first-order valence-corrected chi connectivity index (χ1v) is 7.73. The van der Waals surface area contributed by atoms with Crippen molar-refractivity contribution in [3.05, 3.63) is 58.9 Å². The Morgan fingerprint density at radius 2 is 1.96 bits per heavy atom. The van der Waals surface area contributed by atoms with Crippen LogP contribution < -0.4 is 4.74 Å². The Hall–Kier alpha value is -2.40. The highest BCUT2D eigenvalue weighted by Crippen LogP contribution is 2.21. The summed E-state index contributed by atoms with van der Waals surface area (Å²) in [5.74, 6) is -0.338. The molecule has 0 saturated carbocycles. The van der Waals surface area contributed by atoms with Crippen molar-refractivity contribution in [1.82, 2.24) is 0 Å². The maximum Gasteiger partial charge on any atom is 0.344 e. The number of aliphatic imine (C=N–C) groups is 1. The summed E-state index contributed by atoms with van der Waals surface area (Å²) in [6.45, 7) is 3.42. The normalized spacial score (nSPS) is 11.0. The minimum atomic E-state index is -0.479. The lowest BCUT2D eigenvalue weighted by molar-refractivity contribution is -0.149. The van der Waals surface area contributed by atoms with Gasteiger partial charge in [0.2, 0.25) is 0 Å². The highest BCUT2D eigenvalue weighted by molar-refractivity contribution is 6.31. The van der Waals surface area contributed by atoms with Gasteiger partial charge < -0.3 is 9.47 Å². The van der Waals surface area contributed by atoms with Crippen molar-refractivity contribution in [2.45, 2.75) is 20.0 Å². The van der Waals surface area contributed by atoms with Gasteiger partial charge in [-0.25, -0.2) is 9.18 Å². The number of carbonyl (C=O) groups is 1. The molecule has 0 unspecified atom stereocenters. The summed E-state index contributed by atoms with van der Waals surface area (Å²) < 4.78 is 23.4. The first-order valence-electron chi connectivity index (χ1n) is 7.35. The third kappa shape index (κ3) is 5.66. The molecule has 4 nitrogen and oxygen atoms in total. The van der Waals surface area contributed by atoms with Gasteiger partial charge in [-0.05, 0) is 61.9 Å². The molecule has 0 heterocycles. The molecule has 24 heavy (non-hydrogen) atoms. The zero-order chi connectivity index (χ0) is 17.5. The lowest BCUT2D eigenvalue weighted by Crippen LogP contribution is -2.18. The molecule has 0 radical (unpaired) electrons. The van der Waals surface area contributed by atoms with Crippen molar-refractivity contribution in [3.63, 3.8) is 0 Å². The van der Waals surface area contributed by atoms with E-state index in [-0.39, 0.29) is 17.7 Å². The van der Waals surface area contributed by atoms with Gasteiger partial charge in [-0.2, -0.15) is 0 Å². The summed E-state index contributed by atoms with van der Waals surface area (Å²) >= 11 is 5.70. The molecule has 0 aliphatic carbocycles. The largest absolute Gasteiger partial charge is 0.482 e. The summed E-state index contributed by atoms with van der Waals surface area (Å²) in [4.78, 5) is 15.6. The topological polar surface area (TPSA) is 47.9 Å². The molecule has 126 valence electrons. The van der Waals surface area contributed by atoms with Crippen LogP contribution in [0, 0.1) is 5.82 Å². The summed E-state index contributed by atoms with van der Waals surface area (Å²) in [5, 5.41) is 0.0293. The van der Waals surface area contributed by atoms with Crippen LogP contribution in [0.1, 0.15) is 19.4 Å². The first kappa shape index (κ1) is 17.9. The van der Waals surface area contributed by atoms with E-state index in [1.165, 1.54) is 18.2 Å². The maximum absolute atomic E-state index is 13.1. The molecular formula is C18H17ClFNO3. The zero-order valence-corrected chi connectivity index (χ0v) is 14.1. The molecule has 2 aromatic carbocycles. The maximum atomic E-state index is 13.1. The van der Waals surface area contributed by atoms with Gasteiger partial charge in [-0.1, -0.05) is 11.6 Å². The number of hydrogen-bond acceptors (Lipinski definition) is 4. The zero-order valence-electron chi connectivity index (χ0n) is 13.3. The van der Waals surface area contributed by atoms with Gasteiger partial charge in [-0.15, -0.1) is 0 Å². The molecule has 2 rings (SSSR count). The predicted molar refractivity (Wildman–Crippen MR) is 91.8 cm³/mol. The Labute approximate surface area is 144 Å². The van der Waals surface area contributed by atoms with Crippen LogP contribution >= 0.6 is 11.6 Å². The van der Waals surface area contributed by atoms with Gasteiger partial charge in [0, 0.05) is 6.21 Å². The molecular weight excluding hydrogens is 333 g/mol. The minimum Gasteiger partial charge on any atom is -0.482 e. The fourth-order valence-corrected chi connectivity index (χ4v) is 1.98. The SMILES string of the molecule is CC(C)OC(=O)COc1ccc(C=Nc2ccc(F)c(Cl)c2)cc1. The van der Waals surface area contributed by atoms with Crippen molar-refractivity contribution >= 4 is 29.5 Å². The van der Waals surface area contributed by atoms with Crippen molar-refractivity contribution < 1.29 is 18.7 Å². The van der Waals surface area contributed by atoms with Crippen LogP contribution in [0.4, 0.5) is 10.1 Å². The standard InChI is InChI=1S/C18H17ClFNO3/c1-12(2)24-18(22)11-23-15-6-3-13(4-7-15)10-21-14-5-8-17(20)16(19)9-14/h3-10,12H,11H2,1-2H3. The van der Waals surface area contributed by atoms with E-state index in [4.69, 9.17) is 21.1 Å². The Kier molecular flexibility index (Phi) is 6.32. The van der Waals surface area contributed by atoms with E-state index < -0.39 is 11.8 Å². The highest BCUT2D eigenvalue weighted by atomic mass is 35.5. The van der Waals surface area contributed by atoms with Crippen LogP contribution in [0.3, 0.4) is 0 Å². The van der Waals surface area contributed by atoms with Crippen LogP contribution in [-0.4, -0.2) is 24.9 Å². The molecule has 0 spiro atoms. The third-order valence-electron chi connectivity index (χ3n) is 2.87. The van der Waals surface area contributed by atoms with E-state index in [1.54, 1.807) is 44.3 Å². The van der Waals surface area contributed by atoms with Crippen molar-refractivity contribution in [2.75, 3.05) is 6.61 Å². The number of benzene rings is 2. The van der Waals surface area contributed by atoms with Crippen LogP contribution in [0.25, 0.3) is 0 Å². The third-order valence-corrected chi connectivity index (χ3v) is 3.16. The van der Waals surface area contributed by atoms with E-state index in [0.29, 0.717) is 11.4 Å². The molecule has 6 heteroatoms. The number of nitrogens with zero attached hydrogens (tertiary/aromatic N) is 1. The molecule has 0 fully saturated rings. The summed E-state index contributed by atoms with van der Waals surface area (Å²) in [5.41, 5.74) is 1.38. The highest BCUT2D eigenvalue weighted by Gasteiger charge is 2.06. The summed E-state index contributed by atoms with van der Waals surface area (Å²) in [6.07, 6.45) is 1.46. The van der Waals surface area contributed by atoms with E-state index in [9.17, 15) is 9.18 Å². The fraction of sp³-hybridized carbons (Fsp3) is 0.222. The number of rotatable bonds is 6. The number of esters is 1. The minimum absolute atomic E-state index is 0.0293. The van der Waals surface area contributed by atoms with Crippen LogP contribution in [0.5, 0.6) is 5.75 Å². The molecule has 0 atom stereocenters. The Morgan fingerprint density at radius 3 is 2.58 bits per heavy atom. The average Bonchev–Trinajstić information content (AvgIpc) is 2.54.